The second-order valence-corrected chi connectivity index (χ2v) is 9.97. The Labute approximate surface area is 251 Å². The van der Waals surface area contributed by atoms with Crippen molar-refractivity contribution in [3.05, 3.63) is 58.1 Å². The maximum Gasteiger partial charge on any atom is 0.257 e. The number of nitrogens with one attached hydrogen (secondary N) is 4. The highest BCUT2D eigenvalue weighted by molar-refractivity contribution is 8.00. The normalized spacial score (nSPS) is 9.54. The molecular weight excluding hydrogens is 568 g/mol. The van der Waals surface area contributed by atoms with E-state index in [0.29, 0.717) is 33.9 Å². The van der Waals surface area contributed by atoms with Gasteiger partial charge in [0.05, 0.1) is 0 Å². The van der Waals surface area contributed by atoms with Crippen molar-refractivity contribution >= 4 is 59.1 Å². The van der Waals surface area contributed by atoms with Crippen LogP contribution in [0.15, 0.2) is 36.4 Å². The number of halogens is 1. The molecule has 0 saturated carbocycles. The van der Waals surface area contributed by atoms with Gasteiger partial charge in [-0.05, 0) is 63.4 Å². The first-order valence-electron chi connectivity index (χ1n) is 12.8. The van der Waals surface area contributed by atoms with Crippen molar-refractivity contribution in [1.82, 2.24) is 16.0 Å². The van der Waals surface area contributed by atoms with Crippen molar-refractivity contribution in [2.75, 3.05) is 37.3 Å². The first-order chi connectivity index (χ1) is 19.4. The number of hydrogen-bond acceptors (Lipinski definition) is 8. The fourth-order valence-corrected chi connectivity index (χ4v) is 3.96. The summed E-state index contributed by atoms with van der Waals surface area (Å²) in [6.07, 6.45) is 1.67. The second-order valence-electron chi connectivity index (χ2n) is 8.42. The van der Waals surface area contributed by atoms with Crippen molar-refractivity contribution in [3.8, 4) is 5.75 Å². The molecule has 226 valence electrons. The molecule has 2 rings (SSSR count). The number of anilines is 1. The average Bonchev–Trinajstić information content (AvgIpc) is 2.94. The number of Topliss-reactive ketones (excluding diaryl/α,β-unsaturated/α-hetero) is 1. The number of amides is 3. The number of likely N-dealkylation sites (N-methyl/N-ethyl adjacent to an activating group) is 1. The van der Waals surface area contributed by atoms with Crippen LogP contribution in [0.2, 0.25) is 5.02 Å². The molecule has 2 aromatic rings. The van der Waals surface area contributed by atoms with E-state index in [0.717, 1.165) is 24.4 Å². The van der Waals surface area contributed by atoms with Crippen molar-refractivity contribution < 1.29 is 23.9 Å². The number of hydrogen-bond donors (Lipinski definition) is 5. The van der Waals surface area contributed by atoms with Crippen LogP contribution < -0.4 is 30.7 Å². The molecule has 0 spiro atoms. The summed E-state index contributed by atoms with van der Waals surface area (Å²) in [6.45, 7) is 7.96. The van der Waals surface area contributed by atoms with Crippen LogP contribution in [0.3, 0.4) is 0 Å². The Morgan fingerprint density at radius 3 is 2.24 bits per heavy atom. The summed E-state index contributed by atoms with van der Waals surface area (Å²) in [4.78, 5) is 43.0. The van der Waals surface area contributed by atoms with E-state index in [1.54, 1.807) is 43.3 Å². The van der Waals surface area contributed by atoms with E-state index in [4.69, 9.17) is 32.3 Å². The number of rotatable bonds is 13. The van der Waals surface area contributed by atoms with Crippen LogP contribution in [0.1, 0.15) is 55.6 Å². The average molecular weight is 609 g/mol. The van der Waals surface area contributed by atoms with Gasteiger partial charge in [0.2, 0.25) is 6.41 Å². The second kappa shape index (κ2) is 21.0. The number of benzene rings is 2. The maximum atomic E-state index is 12.9. The summed E-state index contributed by atoms with van der Waals surface area (Å²) in [5, 5.41) is 15.7. The van der Waals surface area contributed by atoms with Crippen LogP contribution in [0, 0.1) is 5.41 Å². The Balaban J connectivity index is 0.00000176. The zero-order valence-electron chi connectivity index (χ0n) is 24.4. The zero-order chi connectivity index (χ0) is 31.4. The molecular formula is C28H41ClN6O5S. The van der Waals surface area contributed by atoms with Crippen molar-refractivity contribution in [1.29, 1.82) is 5.41 Å². The third kappa shape index (κ3) is 15.6. The highest BCUT2D eigenvalue weighted by atomic mass is 35.5. The molecule has 0 bridgehead atoms. The summed E-state index contributed by atoms with van der Waals surface area (Å²) in [5.41, 5.74) is 7.99. The number of nitrogens with two attached hydrogens (primary N) is 1. The molecule has 13 heteroatoms. The van der Waals surface area contributed by atoms with E-state index in [-0.39, 0.29) is 36.6 Å². The molecule has 0 heterocycles. The van der Waals surface area contributed by atoms with Gasteiger partial charge >= 0.3 is 0 Å². The standard InChI is InChI=1S/C23H30ClN5O3S.C3H6O.C2H5NO/c1-4-8-33-29(5-2)19-10-17(9-18(24)12-19)23(31)28-13-16-7-6-15(22(25)26)11-20(16)32-14-21(30)27-3;1-3(2)4;1-3-2-4/h6-7,9-12H,4-5,8,13-14H2,1-3H3,(H3,25,26)(H,27,30)(H,28,31);1-2H3;2H,1H3,(H,3,4). The fraction of sp³-hybridized carbons (Fsp3) is 0.393. The largest absolute Gasteiger partial charge is 0.483 e. The van der Waals surface area contributed by atoms with Gasteiger partial charge in [-0.15, -0.1) is 0 Å². The van der Waals surface area contributed by atoms with E-state index in [1.165, 1.54) is 20.9 Å². The van der Waals surface area contributed by atoms with Gasteiger partial charge in [0, 0.05) is 60.3 Å². The number of amidine groups is 1. The molecule has 0 aliphatic heterocycles. The monoisotopic (exact) mass is 608 g/mol. The smallest absolute Gasteiger partial charge is 0.257 e. The zero-order valence-corrected chi connectivity index (χ0v) is 26.0. The van der Waals surface area contributed by atoms with Gasteiger partial charge in [-0.2, -0.15) is 0 Å². The maximum absolute atomic E-state index is 12.9. The molecule has 6 N–H and O–H groups in total. The predicted molar refractivity (Wildman–Crippen MR) is 167 cm³/mol. The Morgan fingerprint density at radius 2 is 1.73 bits per heavy atom. The molecule has 0 aliphatic rings. The van der Waals surface area contributed by atoms with E-state index < -0.39 is 0 Å². The molecule has 2 aromatic carbocycles. The van der Waals surface area contributed by atoms with Gasteiger partial charge in [0.1, 0.15) is 17.4 Å². The highest BCUT2D eigenvalue weighted by Crippen LogP contribution is 2.28. The Hall–Kier alpha value is -3.77. The summed E-state index contributed by atoms with van der Waals surface area (Å²) in [5.74, 6) is 0.792. The molecule has 11 nitrogen and oxygen atoms in total. The number of nitrogen functional groups attached to an aromatic ring is 1. The molecule has 0 fully saturated rings. The van der Waals surface area contributed by atoms with Crippen LogP contribution >= 0.6 is 23.5 Å². The van der Waals surface area contributed by atoms with Crippen LogP contribution in [0.25, 0.3) is 0 Å². The molecule has 41 heavy (non-hydrogen) atoms. The fourth-order valence-electron chi connectivity index (χ4n) is 2.89. The lowest BCUT2D eigenvalue weighted by atomic mass is 10.1. The molecule has 0 aliphatic carbocycles. The molecule has 0 saturated heterocycles. The quantitative estimate of drug-likeness (QED) is 0.0996. The first kappa shape index (κ1) is 37.2. The molecule has 0 unspecified atom stereocenters. The predicted octanol–water partition coefficient (Wildman–Crippen LogP) is 3.52. The summed E-state index contributed by atoms with van der Waals surface area (Å²) < 4.78 is 7.70. The Bertz CT molecular complexity index is 1160. The molecule has 3 amide bonds. The van der Waals surface area contributed by atoms with Crippen LogP contribution in [0.5, 0.6) is 5.75 Å². The van der Waals surface area contributed by atoms with Gasteiger partial charge in [0.25, 0.3) is 11.8 Å². The van der Waals surface area contributed by atoms with Gasteiger partial charge in [-0.3, -0.25) is 19.8 Å². The molecule has 0 radical (unpaired) electrons. The topological polar surface area (TPSA) is 167 Å². The summed E-state index contributed by atoms with van der Waals surface area (Å²) in [6, 6.07) is 10.2. The Kier molecular flexibility index (Phi) is 19.1. The van der Waals surface area contributed by atoms with Gasteiger partial charge in [0.15, 0.2) is 6.61 Å². The van der Waals surface area contributed by atoms with Crippen molar-refractivity contribution in [2.45, 2.75) is 40.7 Å². The number of ether oxygens (including phenoxy) is 1. The van der Waals surface area contributed by atoms with E-state index in [2.05, 4.69) is 27.2 Å². The highest BCUT2D eigenvalue weighted by Gasteiger charge is 2.14. The number of ketones is 1. The number of nitrogens with zero attached hydrogens (tertiary/aromatic N) is 1. The number of carbonyl (C=O) groups excluding carboxylic acids is 4. The van der Waals surface area contributed by atoms with E-state index in [1.807, 2.05) is 19.1 Å². The first-order valence-corrected chi connectivity index (χ1v) is 14.1. The minimum atomic E-state index is -0.300. The van der Waals surface area contributed by atoms with Gasteiger partial charge < -0.3 is 35.5 Å². The van der Waals surface area contributed by atoms with Crippen LogP contribution in [-0.4, -0.2) is 62.8 Å². The van der Waals surface area contributed by atoms with E-state index >= 15 is 0 Å². The van der Waals surface area contributed by atoms with Gasteiger partial charge in [-0.1, -0.05) is 30.7 Å². The third-order valence-electron chi connectivity index (χ3n) is 4.74. The lowest BCUT2D eigenvalue weighted by Crippen LogP contribution is -2.26. The molecule has 0 atom stereocenters. The van der Waals surface area contributed by atoms with Crippen LogP contribution in [0.4, 0.5) is 5.69 Å². The Morgan fingerprint density at radius 1 is 1.10 bits per heavy atom. The minimum absolute atomic E-state index is 0.122. The lowest BCUT2D eigenvalue weighted by molar-refractivity contribution is -0.122. The third-order valence-corrected chi connectivity index (χ3v) is 6.33. The lowest BCUT2D eigenvalue weighted by Gasteiger charge is -2.22. The van der Waals surface area contributed by atoms with Crippen LogP contribution in [-0.2, 0) is 20.9 Å². The SMILES string of the molecule is CC(C)=O.CCCSN(CC)c1cc(Cl)cc(C(=O)NCc2ccc(C(=N)N)cc2OCC(=O)NC)c1.CNC=O. The minimum Gasteiger partial charge on any atom is -0.483 e. The molecule has 0 aromatic heterocycles. The van der Waals surface area contributed by atoms with E-state index in [9.17, 15) is 14.4 Å². The number of carbonyl (C=O) groups is 4. The summed E-state index contributed by atoms with van der Waals surface area (Å²) in [7, 11) is 3.07. The summed E-state index contributed by atoms with van der Waals surface area (Å²) >= 11 is 7.99. The van der Waals surface area contributed by atoms with Gasteiger partial charge in [-0.25, -0.2) is 0 Å². The van der Waals surface area contributed by atoms with Crippen molar-refractivity contribution in [2.24, 2.45) is 5.73 Å². The van der Waals surface area contributed by atoms with Crippen molar-refractivity contribution in [3.63, 3.8) is 0 Å².